The van der Waals surface area contributed by atoms with Crippen molar-refractivity contribution in [2.75, 3.05) is 0 Å². The van der Waals surface area contributed by atoms with Crippen molar-refractivity contribution in [2.45, 2.75) is 6.42 Å². The van der Waals surface area contributed by atoms with Crippen LogP contribution >= 0.6 is 0 Å². The summed E-state index contributed by atoms with van der Waals surface area (Å²) in [5, 5.41) is 0. The molecule has 0 aliphatic carbocycles. The molecule has 2 rings (SSSR count). The highest BCUT2D eigenvalue weighted by molar-refractivity contribution is 5.34. The highest BCUT2D eigenvalue weighted by Gasteiger charge is 1.97. The van der Waals surface area contributed by atoms with Crippen molar-refractivity contribution >= 4 is 0 Å². The first kappa shape index (κ1) is 9.01. The molecular formula is C14H13. The van der Waals surface area contributed by atoms with Gasteiger partial charge in [0, 0.05) is 0 Å². The summed E-state index contributed by atoms with van der Waals surface area (Å²) in [6.07, 6.45) is 0.973. The van der Waals surface area contributed by atoms with Gasteiger partial charge in [-0.2, -0.15) is 0 Å². The second kappa shape index (κ2) is 4.10. The van der Waals surface area contributed by atoms with Gasteiger partial charge in [0.15, 0.2) is 0 Å². The second-order valence-electron chi connectivity index (χ2n) is 3.43. The molecule has 0 fully saturated rings. The zero-order valence-electron chi connectivity index (χ0n) is 8.11. The van der Waals surface area contributed by atoms with E-state index in [1.165, 1.54) is 11.1 Å². The van der Waals surface area contributed by atoms with Crippen LogP contribution < -0.4 is 0 Å². The predicted molar refractivity (Wildman–Crippen MR) is 60.1 cm³/mol. The van der Waals surface area contributed by atoms with E-state index in [4.69, 9.17) is 0 Å². The molecule has 0 aliphatic rings. The van der Waals surface area contributed by atoms with Gasteiger partial charge in [-0.05, 0) is 30.0 Å². The van der Waals surface area contributed by atoms with Gasteiger partial charge in [0.05, 0.1) is 0 Å². The van der Waals surface area contributed by atoms with Crippen molar-refractivity contribution in [2.24, 2.45) is 0 Å². The summed E-state index contributed by atoms with van der Waals surface area (Å²) in [7, 11) is 0. The number of benzene rings is 2. The van der Waals surface area contributed by atoms with Gasteiger partial charge in [-0.25, -0.2) is 0 Å². The van der Waals surface area contributed by atoms with E-state index in [0.29, 0.717) is 0 Å². The topological polar surface area (TPSA) is 0 Å². The summed E-state index contributed by atoms with van der Waals surface area (Å²) in [6.45, 7) is 4.02. The fourth-order valence-corrected chi connectivity index (χ4v) is 1.55. The normalized spacial score (nSPS) is 10.1. The Labute approximate surface area is 85.2 Å². The zero-order chi connectivity index (χ0) is 9.80. The quantitative estimate of drug-likeness (QED) is 0.665. The number of hydrogen-bond donors (Lipinski definition) is 0. The molecule has 0 nitrogen and oxygen atoms in total. The Morgan fingerprint density at radius 3 is 2.14 bits per heavy atom. The summed E-state index contributed by atoms with van der Waals surface area (Å²) in [5.74, 6) is 0. The van der Waals surface area contributed by atoms with Crippen molar-refractivity contribution < 1.29 is 0 Å². The van der Waals surface area contributed by atoms with E-state index in [1.54, 1.807) is 0 Å². The largest absolute Gasteiger partial charge is 0.0622 e. The van der Waals surface area contributed by atoms with Crippen LogP contribution in [0.1, 0.15) is 16.7 Å². The lowest BCUT2D eigenvalue weighted by molar-refractivity contribution is 1.18. The summed E-state index contributed by atoms with van der Waals surface area (Å²) in [4.78, 5) is 0. The molecular weight excluding hydrogens is 168 g/mol. The molecule has 14 heavy (non-hydrogen) atoms. The Morgan fingerprint density at radius 1 is 0.786 bits per heavy atom. The average molecular weight is 181 g/mol. The van der Waals surface area contributed by atoms with Crippen LogP contribution in [0.4, 0.5) is 0 Å². The van der Waals surface area contributed by atoms with Crippen molar-refractivity contribution in [1.82, 2.24) is 0 Å². The van der Waals surface area contributed by atoms with Crippen molar-refractivity contribution in [3.8, 4) is 0 Å². The Morgan fingerprint density at radius 2 is 1.43 bits per heavy atom. The molecule has 1 radical (unpaired) electrons. The first-order chi connectivity index (χ1) is 6.86. The van der Waals surface area contributed by atoms with E-state index in [9.17, 15) is 0 Å². The van der Waals surface area contributed by atoms with E-state index < -0.39 is 0 Å². The molecule has 0 heterocycles. The molecule has 2 aromatic carbocycles. The lowest BCUT2D eigenvalue weighted by atomic mass is 10.0. The van der Waals surface area contributed by atoms with Crippen molar-refractivity contribution in [3.63, 3.8) is 0 Å². The maximum absolute atomic E-state index is 4.02. The van der Waals surface area contributed by atoms with E-state index in [0.717, 1.165) is 12.0 Å². The zero-order valence-corrected chi connectivity index (χ0v) is 8.11. The maximum Gasteiger partial charge on any atom is -0.00230 e. The maximum atomic E-state index is 4.02. The molecule has 0 atom stereocenters. The van der Waals surface area contributed by atoms with Crippen LogP contribution in [-0.2, 0) is 6.42 Å². The minimum atomic E-state index is 0.973. The van der Waals surface area contributed by atoms with E-state index in [-0.39, 0.29) is 0 Å². The van der Waals surface area contributed by atoms with Crippen LogP contribution in [0.5, 0.6) is 0 Å². The molecule has 2 aromatic rings. The third-order valence-corrected chi connectivity index (χ3v) is 2.36. The lowest BCUT2D eigenvalue weighted by Gasteiger charge is -2.04. The van der Waals surface area contributed by atoms with Crippen LogP contribution in [0.25, 0.3) is 0 Å². The Bertz CT molecular complexity index is 401. The average Bonchev–Trinajstić information content (AvgIpc) is 2.23. The molecule has 0 heteroatoms. The van der Waals surface area contributed by atoms with Gasteiger partial charge in [0.2, 0.25) is 0 Å². The minimum Gasteiger partial charge on any atom is -0.0622 e. The third-order valence-electron chi connectivity index (χ3n) is 2.36. The summed E-state index contributed by atoms with van der Waals surface area (Å²) in [6, 6.07) is 18.7. The van der Waals surface area contributed by atoms with Gasteiger partial charge in [0.1, 0.15) is 0 Å². The second-order valence-corrected chi connectivity index (χ2v) is 3.43. The molecule has 0 amide bonds. The highest BCUT2D eigenvalue weighted by atomic mass is 14.0. The first-order valence-corrected chi connectivity index (χ1v) is 4.80. The van der Waals surface area contributed by atoms with Gasteiger partial charge in [-0.15, -0.1) is 0 Å². The van der Waals surface area contributed by atoms with Crippen LogP contribution in [0.3, 0.4) is 0 Å². The van der Waals surface area contributed by atoms with E-state index >= 15 is 0 Å². The van der Waals surface area contributed by atoms with E-state index in [2.05, 4.69) is 49.4 Å². The highest BCUT2D eigenvalue weighted by Crippen LogP contribution is 2.12. The Balaban J connectivity index is 2.24. The SMILES string of the molecule is [CH2]c1ccccc1Cc1ccccc1. The smallest absolute Gasteiger partial charge is 0.00230 e. The van der Waals surface area contributed by atoms with Gasteiger partial charge in [-0.3, -0.25) is 0 Å². The molecule has 0 unspecified atom stereocenters. The first-order valence-electron chi connectivity index (χ1n) is 4.80. The van der Waals surface area contributed by atoms with Gasteiger partial charge in [0.25, 0.3) is 0 Å². The van der Waals surface area contributed by atoms with Gasteiger partial charge >= 0.3 is 0 Å². The monoisotopic (exact) mass is 181 g/mol. The molecule has 0 saturated carbocycles. The van der Waals surface area contributed by atoms with E-state index in [1.807, 2.05) is 12.1 Å². The summed E-state index contributed by atoms with van der Waals surface area (Å²) >= 11 is 0. The molecule has 0 spiro atoms. The molecule has 69 valence electrons. The van der Waals surface area contributed by atoms with Crippen molar-refractivity contribution in [3.05, 3.63) is 78.2 Å². The molecule has 0 aromatic heterocycles. The predicted octanol–water partition coefficient (Wildman–Crippen LogP) is 3.46. The van der Waals surface area contributed by atoms with Crippen LogP contribution in [0.2, 0.25) is 0 Å². The lowest BCUT2D eigenvalue weighted by Crippen LogP contribution is -1.90. The number of rotatable bonds is 2. The molecule has 0 saturated heterocycles. The van der Waals surface area contributed by atoms with Crippen molar-refractivity contribution in [1.29, 1.82) is 0 Å². The summed E-state index contributed by atoms with van der Waals surface area (Å²) < 4.78 is 0. The Hall–Kier alpha value is -1.56. The Kier molecular flexibility index (Phi) is 2.64. The molecule has 0 aliphatic heterocycles. The summed E-state index contributed by atoms with van der Waals surface area (Å²) in [5.41, 5.74) is 3.76. The third kappa shape index (κ3) is 2.02. The molecule has 0 bridgehead atoms. The van der Waals surface area contributed by atoms with Crippen LogP contribution in [-0.4, -0.2) is 0 Å². The van der Waals surface area contributed by atoms with Crippen LogP contribution in [0.15, 0.2) is 54.6 Å². The fourth-order valence-electron chi connectivity index (χ4n) is 1.55. The standard InChI is InChI=1S/C14H13/c1-12-7-5-6-10-14(12)11-13-8-3-2-4-9-13/h2-10H,1,11H2. The number of hydrogen-bond acceptors (Lipinski definition) is 0. The van der Waals surface area contributed by atoms with Crippen LogP contribution in [0, 0.1) is 6.92 Å². The molecule has 0 N–H and O–H groups in total. The fraction of sp³-hybridized carbons (Fsp3) is 0.0714. The van der Waals surface area contributed by atoms with Gasteiger partial charge in [-0.1, -0.05) is 54.6 Å². The van der Waals surface area contributed by atoms with Gasteiger partial charge < -0.3 is 0 Å². The minimum absolute atomic E-state index is 0.973.